The number of rotatable bonds is 2. The maximum absolute atomic E-state index is 3.52. The van der Waals surface area contributed by atoms with Crippen molar-refractivity contribution in [2.24, 2.45) is 5.92 Å². The highest BCUT2D eigenvalue weighted by atomic mass is 14.7. The Balaban J connectivity index is 1.90. The Bertz CT molecular complexity index is 503. The Morgan fingerprint density at radius 1 is 1.12 bits per heavy atom. The molecule has 90 valence electrons. The second-order valence-corrected chi connectivity index (χ2v) is 5.48. The maximum Gasteiger partial charge on any atom is 0.0458 e. The van der Waals surface area contributed by atoms with E-state index in [1.807, 2.05) is 0 Å². The topological polar surface area (TPSA) is 15.8 Å². The summed E-state index contributed by atoms with van der Waals surface area (Å²) in [6, 6.07) is 8.71. The Labute approximate surface area is 103 Å². The molecule has 0 aliphatic heterocycles. The molecule has 1 aromatic carbocycles. The maximum atomic E-state index is 3.52. The van der Waals surface area contributed by atoms with E-state index in [4.69, 9.17) is 0 Å². The zero-order valence-corrected chi connectivity index (χ0v) is 10.6. The zero-order valence-electron chi connectivity index (χ0n) is 10.6. The highest BCUT2D eigenvalue weighted by Crippen LogP contribution is 2.31. The fourth-order valence-corrected chi connectivity index (χ4v) is 3.28. The summed E-state index contributed by atoms with van der Waals surface area (Å²) in [6.45, 7) is 2.22. The van der Waals surface area contributed by atoms with E-state index >= 15 is 0 Å². The van der Waals surface area contributed by atoms with Crippen LogP contribution in [0.5, 0.6) is 0 Å². The van der Waals surface area contributed by atoms with E-state index in [1.54, 1.807) is 5.56 Å². The van der Waals surface area contributed by atoms with E-state index in [2.05, 4.69) is 36.2 Å². The van der Waals surface area contributed by atoms with E-state index in [9.17, 15) is 0 Å². The molecule has 1 heteroatoms. The molecule has 1 saturated carbocycles. The molecule has 17 heavy (non-hydrogen) atoms. The summed E-state index contributed by atoms with van der Waals surface area (Å²) in [7, 11) is 0. The molecule has 2 aromatic rings. The molecule has 0 amide bonds. The SMILES string of the molecule is Cc1[nH]c2ccccc2c1CC1CCCCC1. The van der Waals surface area contributed by atoms with Crippen molar-refractivity contribution in [1.82, 2.24) is 4.98 Å². The average molecular weight is 227 g/mol. The minimum Gasteiger partial charge on any atom is -0.358 e. The van der Waals surface area contributed by atoms with E-state index in [-0.39, 0.29) is 0 Å². The standard InChI is InChI=1S/C16H21N/c1-12-15(11-13-7-3-2-4-8-13)14-9-5-6-10-16(14)17-12/h5-6,9-10,13,17H,2-4,7-8,11H2,1H3. The predicted molar refractivity (Wildman–Crippen MR) is 73.3 cm³/mol. The number of aromatic amines is 1. The lowest BCUT2D eigenvalue weighted by molar-refractivity contribution is 0.357. The number of fused-ring (bicyclic) bond motifs is 1. The van der Waals surface area contributed by atoms with Crippen molar-refractivity contribution in [2.45, 2.75) is 45.4 Å². The van der Waals surface area contributed by atoms with Crippen LogP contribution in [0.4, 0.5) is 0 Å². The van der Waals surface area contributed by atoms with Gasteiger partial charge in [-0.25, -0.2) is 0 Å². The van der Waals surface area contributed by atoms with Crippen molar-refractivity contribution in [3.8, 4) is 0 Å². The second-order valence-electron chi connectivity index (χ2n) is 5.48. The van der Waals surface area contributed by atoms with Gasteiger partial charge in [0.2, 0.25) is 0 Å². The van der Waals surface area contributed by atoms with Crippen LogP contribution in [0.15, 0.2) is 24.3 Å². The van der Waals surface area contributed by atoms with Gasteiger partial charge in [-0.15, -0.1) is 0 Å². The molecule has 3 rings (SSSR count). The summed E-state index contributed by atoms with van der Waals surface area (Å²) < 4.78 is 0. The first-order chi connectivity index (χ1) is 8.34. The fourth-order valence-electron chi connectivity index (χ4n) is 3.28. The third-order valence-corrected chi connectivity index (χ3v) is 4.24. The van der Waals surface area contributed by atoms with Crippen LogP contribution in [0.25, 0.3) is 10.9 Å². The van der Waals surface area contributed by atoms with Gasteiger partial charge in [-0.05, 0) is 30.9 Å². The van der Waals surface area contributed by atoms with Gasteiger partial charge < -0.3 is 4.98 Å². The minimum absolute atomic E-state index is 0.918. The fraction of sp³-hybridized carbons (Fsp3) is 0.500. The second kappa shape index (κ2) is 4.56. The van der Waals surface area contributed by atoms with Gasteiger partial charge in [0.1, 0.15) is 0 Å². The van der Waals surface area contributed by atoms with Crippen LogP contribution in [0.3, 0.4) is 0 Å². The number of H-pyrrole nitrogens is 1. The highest BCUT2D eigenvalue weighted by molar-refractivity contribution is 5.84. The Kier molecular flexibility index (Phi) is 2.92. The smallest absolute Gasteiger partial charge is 0.0458 e. The zero-order chi connectivity index (χ0) is 11.7. The third kappa shape index (κ3) is 2.11. The van der Waals surface area contributed by atoms with Gasteiger partial charge in [0, 0.05) is 16.6 Å². The molecule has 1 aliphatic carbocycles. The summed E-state index contributed by atoms with van der Waals surface area (Å²) in [5.41, 5.74) is 4.24. The summed E-state index contributed by atoms with van der Waals surface area (Å²) in [5, 5.41) is 1.44. The third-order valence-electron chi connectivity index (χ3n) is 4.24. The molecule has 0 radical (unpaired) electrons. The van der Waals surface area contributed by atoms with Gasteiger partial charge in [-0.2, -0.15) is 0 Å². The molecular formula is C16H21N. The Morgan fingerprint density at radius 2 is 1.88 bits per heavy atom. The number of aryl methyl sites for hydroxylation is 1. The normalized spacial score (nSPS) is 17.7. The predicted octanol–water partition coefficient (Wildman–Crippen LogP) is 4.60. The summed E-state index contributed by atoms with van der Waals surface area (Å²) in [6.07, 6.45) is 8.45. The summed E-state index contributed by atoms with van der Waals surface area (Å²) in [5.74, 6) is 0.918. The summed E-state index contributed by atoms with van der Waals surface area (Å²) in [4.78, 5) is 3.52. The number of nitrogens with one attached hydrogen (secondary N) is 1. The van der Waals surface area contributed by atoms with Gasteiger partial charge in [-0.1, -0.05) is 50.3 Å². The van der Waals surface area contributed by atoms with Crippen molar-refractivity contribution in [3.63, 3.8) is 0 Å². The molecule has 1 N–H and O–H groups in total. The Hall–Kier alpha value is -1.24. The molecule has 0 bridgehead atoms. The van der Waals surface area contributed by atoms with Crippen LogP contribution in [-0.4, -0.2) is 4.98 Å². The Morgan fingerprint density at radius 3 is 2.71 bits per heavy atom. The van der Waals surface area contributed by atoms with Crippen molar-refractivity contribution in [1.29, 1.82) is 0 Å². The molecule has 0 saturated heterocycles. The van der Waals surface area contributed by atoms with Crippen molar-refractivity contribution >= 4 is 10.9 Å². The van der Waals surface area contributed by atoms with E-state index in [0.29, 0.717) is 0 Å². The average Bonchev–Trinajstić information content (AvgIpc) is 2.68. The van der Waals surface area contributed by atoms with E-state index < -0.39 is 0 Å². The van der Waals surface area contributed by atoms with Gasteiger partial charge in [0.15, 0.2) is 0 Å². The van der Waals surface area contributed by atoms with Crippen molar-refractivity contribution < 1.29 is 0 Å². The molecule has 1 aliphatic rings. The molecule has 1 nitrogen and oxygen atoms in total. The number of aromatic nitrogens is 1. The minimum atomic E-state index is 0.918. The summed E-state index contributed by atoms with van der Waals surface area (Å²) >= 11 is 0. The molecule has 0 spiro atoms. The molecule has 0 atom stereocenters. The van der Waals surface area contributed by atoms with Crippen LogP contribution in [0, 0.1) is 12.8 Å². The molecule has 1 heterocycles. The molecule has 1 aromatic heterocycles. The first-order valence-electron chi connectivity index (χ1n) is 6.91. The van der Waals surface area contributed by atoms with E-state index in [0.717, 1.165) is 5.92 Å². The monoisotopic (exact) mass is 227 g/mol. The first kappa shape index (κ1) is 10.9. The van der Waals surface area contributed by atoms with Gasteiger partial charge in [-0.3, -0.25) is 0 Å². The van der Waals surface area contributed by atoms with E-state index in [1.165, 1.54) is 55.1 Å². The molecule has 0 unspecified atom stereocenters. The molecule has 1 fully saturated rings. The number of hydrogen-bond acceptors (Lipinski definition) is 0. The van der Waals surface area contributed by atoms with Gasteiger partial charge in [0.05, 0.1) is 0 Å². The van der Waals surface area contributed by atoms with Crippen LogP contribution in [0.2, 0.25) is 0 Å². The van der Waals surface area contributed by atoms with Crippen LogP contribution < -0.4 is 0 Å². The quantitative estimate of drug-likeness (QED) is 0.771. The lowest BCUT2D eigenvalue weighted by atomic mass is 9.84. The lowest BCUT2D eigenvalue weighted by Crippen LogP contribution is -2.09. The number of benzene rings is 1. The number of hydrogen-bond donors (Lipinski definition) is 1. The van der Waals surface area contributed by atoms with Gasteiger partial charge in [0.25, 0.3) is 0 Å². The lowest BCUT2D eigenvalue weighted by Gasteiger charge is -2.21. The first-order valence-corrected chi connectivity index (χ1v) is 6.91. The van der Waals surface area contributed by atoms with Gasteiger partial charge >= 0.3 is 0 Å². The van der Waals surface area contributed by atoms with Crippen molar-refractivity contribution in [2.75, 3.05) is 0 Å². The largest absolute Gasteiger partial charge is 0.358 e. The number of para-hydroxylation sites is 1. The van der Waals surface area contributed by atoms with Crippen LogP contribution in [0.1, 0.15) is 43.4 Å². The molecular weight excluding hydrogens is 206 g/mol. The van der Waals surface area contributed by atoms with Crippen molar-refractivity contribution in [3.05, 3.63) is 35.5 Å². The van der Waals surface area contributed by atoms with Crippen LogP contribution >= 0.6 is 0 Å². The van der Waals surface area contributed by atoms with Crippen LogP contribution in [-0.2, 0) is 6.42 Å². The highest BCUT2D eigenvalue weighted by Gasteiger charge is 2.17.